The summed E-state index contributed by atoms with van der Waals surface area (Å²) in [4.78, 5) is 11.8. The average molecular weight is 302 g/mol. The van der Waals surface area contributed by atoms with Gasteiger partial charge in [0.1, 0.15) is 0 Å². The molecule has 0 aliphatic rings. The van der Waals surface area contributed by atoms with Gasteiger partial charge in [0.15, 0.2) is 0 Å². The van der Waals surface area contributed by atoms with Gasteiger partial charge in [0, 0.05) is 20.2 Å². The Morgan fingerprint density at radius 3 is 2.68 bits per heavy atom. The van der Waals surface area contributed by atoms with E-state index in [-0.39, 0.29) is 31.5 Å². The Labute approximate surface area is 130 Å². The van der Waals surface area contributed by atoms with Gasteiger partial charge in [-0.25, -0.2) is 0 Å². The maximum absolute atomic E-state index is 11.8. The molecule has 2 aromatic rings. The second-order valence-corrected chi connectivity index (χ2v) is 5.22. The van der Waals surface area contributed by atoms with E-state index in [0.29, 0.717) is 0 Å². The summed E-state index contributed by atoms with van der Waals surface area (Å²) >= 11 is 0. The number of carbonyl (C=O) groups is 1. The molecular weight excluding hydrogens is 280 g/mol. The van der Waals surface area contributed by atoms with Gasteiger partial charge in [-0.3, -0.25) is 4.79 Å². The second-order valence-electron chi connectivity index (χ2n) is 5.22. The van der Waals surface area contributed by atoms with E-state index in [1.54, 1.807) is 0 Å². The van der Waals surface area contributed by atoms with Crippen molar-refractivity contribution in [2.75, 3.05) is 20.2 Å². The van der Waals surface area contributed by atoms with Crippen molar-refractivity contribution in [3.8, 4) is 0 Å². The van der Waals surface area contributed by atoms with Crippen LogP contribution in [0.15, 0.2) is 42.5 Å². The molecule has 0 fully saturated rings. The number of ether oxygens (including phenoxy) is 1. The minimum absolute atomic E-state index is 0.165. The van der Waals surface area contributed by atoms with Gasteiger partial charge < -0.3 is 20.9 Å². The van der Waals surface area contributed by atoms with E-state index in [0.717, 1.165) is 16.3 Å². The number of carbonyl (C=O) groups excluding carboxylic acids is 1. The first-order valence-electron chi connectivity index (χ1n) is 7.30. The van der Waals surface area contributed by atoms with Crippen molar-refractivity contribution in [1.82, 2.24) is 5.32 Å². The van der Waals surface area contributed by atoms with Crippen molar-refractivity contribution >= 4 is 16.7 Å². The third-order valence-corrected chi connectivity index (χ3v) is 3.66. The van der Waals surface area contributed by atoms with Crippen LogP contribution in [0.25, 0.3) is 10.8 Å². The number of rotatable bonds is 7. The van der Waals surface area contributed by atoms with Gasteiger partial charge in [0.25, 0.3) is 0 Å². The van der Waals surface area contributed by atoms with Crippen LogP contribution < -0.4 is 11.1 Å². The van der Waals surface area contributed by atoms with Crippen molar-refractivity contribution in [3.05, 3.63) is 48.0 Å². The van der Waals surface area contributed by atoms with E-state index in [9.17, 15) is 9.90 Å². The Bertz CT molecular complexity index is 626. The first-order valence-corrected chi connectivity index (χ1v) is 7.30. The van der Waals surface area contributed by atoms with E-state index < -0.39 is 6.10 Å². The SMILES string of the molecule is COC(CN)CC(=O)NCC(O)c1ccc2ccccc2c1. The minimum atomic E-state index is -0.743. The highest BCUT2D eigenvalue weighted by Crippen LogP contribution is 2.20. The molecule has 22 heavy (non-hydrogen) atoms. The fourth-order valence-corrected chi connectivity index (χ4v) is 2.29. The summed E-state index contributed by atoms with van der Waals surface area (Å²) in [5, 5.41) is 15.1. The zero-order valence-electron chi connectivity index (χ0n) is 12.7. The normalized spacial score (nSPS) is 13.8. The van der Waals surface area contributed by atoms with Gasteiger partial charge in [0.2, 0.25) is 5.91 Å². The van der Waals surface area contributed by atoms with Crippen LogP contribution in [0.5, 0.6) is 0 Å². The number of amides is 1. The number of hydrogen-bond donors (Lipinski definition) is 3. The van der Waals surface area contributed by atoms with Crippen molar-refractivity contribution in [2.45, 2.75) is 18.6 Å². The summed E-state index contributed by atoms with van der Waals surface area (Å²) in [6.07, 6.45) is -0.845. The molecule has 0 saturated carbocycles. The second kappa shape index (κ2) is 7.89. The largest absolute Gasteiger partial charge is 0.387 e. The van der Waals surface area contributed by atoms with Gasteiger partial charge >= 0.3 is 0 Å². The number of methoxy groups -OCH3 is 1. The molecule has 5 heteroatoms. The van der Waals surface area contributed by atoms with Gasteiger partial charge in [-0.15, -0.1) is 0 Å². The number of benzene rings is 2. The third-order valence-electron chi connectivity index (χ3n) is 3.66. The number of nitrogens with one attached hydrogen (secondary N) is 1. The predicted octanol–water partition coefficient (Wildman–Crippen LogP) is 1.35. The standard InChI is InChI=1S/C17H22N2O3/c1-22-15(10-18)9-17(21)19-11-16(20)14-7-6-12-4-2-3-5-13(12)8-14/h2-8,15-16,20H,9-11,18H2,1H3,(H,19,21). The Balaban J connectivity index is 1.93. The van der Waals surface area contributed by atoms with Crippen molar-refractivity contribution in [3.63, 3.8) is 0 Å². The summed E-state index contributed by atoms with van der Waals surface area (Å²) in [6, 6.07) is 13.7. The molecule has 0 aliphatic carbocycles. The highest BCUT2D eigenvalue weighted by Gasteiger charge is 2.14. The smallest absolute Gasteiger partial charge is 0.222 e. The Morgan fingerprint density at radius 1 is 1.27 bits per heavy atom. The van der Waals surface area contributed by atoms with Crippen LogP contribution in [0.4, 0.5) is 0 Å². The van der Waals surface area contributed by atoms with Crippen LogP contribution in [0.2, 0.25) is 0 Å². The molecule has 2 atom stereocenters. The van der Waals surface area contributed by atoms with Crippen LogP contribution in [0.3, 0.4) is 0 Å². The maximum Gasteiger partial charge on any atom is 0.222 e. The molecule has 1 amide bonds. The molecule has 118 valence electrons. The van der Waals surface area contributed by atoms with Crippen molar-refractivity contribution in [1.29, 1.82) is 0 Å². The highest BCUT2D eigenvalue weighted by atomic mass is 16.5. The van der Waals surface area contributed by atoms with E-state index >= 15 is 0 Å². The van der Waals surface area contributed by atoms with Gasteiger partial charge in [-0.2, -0.15) is 0 Å². The molecule has 5 nitrogen and oxygen atoms in total. The van der Waals surface area contributed by atoms with Crippen molar-refractivity contribution in [2.24, 2.45) is 5.73 Å². The molecular formula is C17H22N2O3. The number of aliphatic hydroxyl groups is 1. The Kier molecular flexibility index (Phi) is 5.89. The molecule has 0 radical (unpaired) electrons. The first-order chi connectivity index (χ1) is 10.6. The molecule has 0 aromatic heterocycles. The van der Waals surface area contributed by atoms with Crippen LogP contribution in [0, 0.1) is 0 Å². The number of fused-ring (bicyclic) bond motifs is 1. The van der Waals surface area contributed by atoms with Crippen LogP contribution >= 0.6 is 0 Å². The topological polar surface area (TPSA) is 84.6 Å². The lowest BCUT2D eigenvalue weighted by molar-refractivity contribution is -0.123. The fraction of sp³-hybridized carbons (Fsp3) is 0.353. The first kappa shape index (κ1) is 16.4. The molecule has 0 aliphatic heterocycles. The number of hydrogen-bond acceptors (Lipinski definition) is 4. The molecule has 2 unspecified atom stereocenters. The van der Waals surface area contributed by atoms with Crippen LogP contribution in [-0.4, -0.2) is 37.3 Å². The van der Waals surface area contributed by atoms with E-state index in [1.165, 1.54) is 7.11 Å². The lowest BCUT2D eigenvalue weighted by Crippen LogP contribution is -2.34. The molecule has 0 spiro atoms. The van der Waals surface area contributed by atoms with Crippen LogP contribution in [-0.2, 0) is 9.53 Å². The minimum Gasteiger partial charge on any atom is -0.387 e. The van der Waals surface area contributed by atoms with Crippen molar-refractivity contribution < 1.29 is 14.6 Å². The Morgan fingerprint density at radius 2 is 2.00 bits per heavy atom. The molecule has 0 heterocycles. The summed E-state index contributed by atoms with van der Waals surface area (Å²) in [5.74, 6) is -0.183. The van der Waals surface area contributed by atoms with Gasteiger partial charge in [-0.05, 0) is 22.4 Å². The average Bonchev–Trinajstić information content (AvgIpc) is 2.57. The summed E-state index contributed by atoms with van der Waals surface area (Å²) in [5.41, 5.74) is 6.26. The summed E-state index contributed by atoms with van der Waals surface area (Å²) < 4.78 is 5.06. The molecule has 0 bridgehead atoms. The van der Waals surface area contributed by atoms with E-state index in [1.807, 2.05) is 42.5 Å². The van der Waals surface area contributed by atoms with Crippen LogP contribution in [0.1, 0.15) is 18.1 Å². The Hall–Kier alpha value is -1.95. The van der Waals surface area contributed by atoms with Gasteiger partial charge in [0.05, 0.1) is 18.6 Å². The van der Waals surface area contributed by atoms with E-state index in [2.05, 4.69) is 5.32 Å². The molecule has 2 rings (SSSR count). The summed E-state index contributed by atoms with van der Waals surface area (Å²) in [7, 11) is 1.52. The number of nitrogens with two attached hydrogens (primary N) is 1. The van der Waals surface area contributed by atoms with E-state index in [4.69, 9.17) is 10.5 Å². The lowest BCUT2D eigenvalue weighted by atomic mass is 10.0. The molecule has 4 N–H and O–H groups in total. The zero-order chi connectivity index (χ0) is 15.9. The molecule has 0 saturated heterocycles. The summed E-state index contributed by atoms with van der Waals surface area (Å²) in [6.45, 7) is 0.454. The zero-order valence-corrected chi connectivity index (χ0v) is 12.7. The van der Waals surface area contributed by atoms with Gasteiger partial charge in [-0.1, -0.05) is 36.4 Å². The monoisotopic (exact) mass is 302 g/mol. The quantitative estimate of drug-likeness (QED) is 0.721. The molecule has 2 aromatic carbocycles. The fourth-order valence-electron chi connectivity index (χ4n) is 2.29. The highest BCUT2D eigenvalue weighted by molar-refractivity contribution is 5.83. The lowest BCUT2D eigenvalue weighted by Gasteiger charge is -2.15. The number of aliphatic hydroxyl groups excluding tert-OH is 1. The predicted molar refractivity (Wildman–Crippen MR) is 86.4 cm³/mol. The third kappa shape index (κ3) is 4.27. The maximum atomic E-state index is 11.8.